The Hall–Kier alpha value is -1.77. The first-order valence-electron chi connectivity index (χ1n) is 4.79. The molecule has 3 heteroatoms. The summed E-state index contributed by atoms with van der Waals surface area (Å²) >= 11 is 0. The predicted octanol–water partition coefficient (Wildman–Crippen LogP) is 2.03. The van der Waals surface area contributed by atoms with Crippen molar-refractivity contribution in [2.24, 2.45) is 0 Å². The lowest BCUT2D eigenvalue weighted by molar-refractivity contribution is 0.693. The Bertz CT molecular complexity index is 433. The van der Waals surface area contributed by atoms with E-state index in [1.165, 1.54) is 11.5 Å². The van der Waals surface area contributed by atoms with Crippen LogP contribution in [-0.2, 0) is 6.54 Å². The number of para-hydroxylation sites is 1. The van der Waals surface area contributed by atoms with Gasteiger partial charge in [-0.2, -0.15) is 5.10 Å². The van der Waals surface area contributed by atoms with Crippen molar-refractivity contribution in [1.29, 1.82) is 0 Å². The van der Waals surface area contributed by atoms with Crippen molar-refractivity contribution in [3.8, 4) is 0 Å². The van der Waals surface area contributed by atoms with Gasteiger partial charge in [-0.3, -0.25) is 0 Å². The Kier molecular flexibility index (Phi) is 1.56. The molecule has 2 heterocycles. The number of aromatic nitrogens is 2. The average molecular weight is 185 g/mol. The molecular weight excluding hydrogens is 174 g/mol. The molecule has 1 aromatic carbocycles. The summed E-state index contributed by atoms with van der Waals surface area (Å²) in [7, 11) is 0. The summed E-state index contributed by atoms with van der Waals surface area (Å²) in [6.07, 6.45) is 1.85. The molecule has 3 rings (SSSR count). The van der Waals surface area contributed by atoms with Gasteiger partial charge >= 0.3 is 0 Å². The van der Waals surface area contributed by atoms with Crippen molar-refractivity contribution in [3.05, 3.63) is 42.6 Å². The van der Waals surface area contributed by atoms with E-state index < -0.39 is 0 Å². The number of fused-ring (bicyclic) bond motifs is 1. The molecule has 0 saturated carbocycles. The first kappa shape index (κ1) is 7.62. The molecule has 1 aromatic heterocycles. The van der Waals surface area contributed by atoms with E-state index in [4.69, 9.17) is 0 Å². The first-order valence-corrected chi connectivity index (χ1v) is 4.79. The summed E-state index contributed by atoms with van der Waals surface area (Å²) in [4.78, 5) is 2.28. The molecule has 0 bridgehead atoms. The highest BCUT2D eigenvalue weighted by atomic mass is 15.4. The fraction of sp³-hybridized carbons (Fsp3) is 0.182. The SMILES string of the molecule is c1ccc(N2CCn3nccc32)cc1. The van der Waals surface area contributed by atoms with Gasteiger partial charge in [-0.15, -0.1) is 0 Å². The van der Waals surface area contributed by atoms with Gasteiger partial charge in [-0.25, -0.2) is 4.68 Å². The molecule has 14 heavy (non-hydrogen) atoms. The van der Waals surface area contributed by atoms with E-state index in [1.54, 1.807) is 0 Å². The molecule has 0 unspecified atom stereocenters. The molecule has 0 N–H and O–H groups in total. The second kappa shape index (κ2) is 2.87. The van der Waals surface area contributed by atoms with E-state index >= 15 is 0 Å². The van der Waals surface area contributed by atoms with E-state index in [0.717, 1.165) is 13.1 Å². The highest BCUT2D eigenvalue weighted by Crippen LogP contribution is 2.28. The number of hydrogen-bond acceptors (Lipinski definition) is 2. The van der Waals surface area contributed by atoms with Crippen LogP contribution in [-0.4, -0.2) is 16.3 Å². The van der Waals surface area contributed by atoms with Crippen molar-refractivity contribution in [2.45, 2.75) is 6.54 Å². The maximum atomic E-state index is 4.25. The van der Waals surface area contributed by atoms with Crippen LogP contribution in [0.2, 0.25) is 0 Å². The van der Waals surface area contributed by atoms with Crippen LogP contribution in [0.3, 0.4) is 0 Å². The van der Waals surface area contributed by atoms with Crippen LogP contribution in [0.5, 0.6) is 0 Å². The third kappa shape index (κ3) is 1.02. The van der Waals surface area contributed by atoms with Gasteiger partial charge in [0.05, 0.1) is 12.7 Å². The summed E-state index contributed by atoms with van der Waals surface area (Å²) < 4.78 is 2.03. The van der Waals surface area contributed by atoms with Gasteiger partial charge in [-0.1, -0.05) is 18.2 Å². The molecule has 70 valence electrons. The summed E-state index contributed by atoms with van der Waals surface area (Å²) in [5.74, 6) is 1.19. The number of anilines is 2. The van der Waals surface area contributed by atoms with Crippen LogP contribution in [0, 0.1) is 0 Å². The second-order valence-electron chi connectivity index (χ2n) is 3.40. The van der Waals surface area contributed by atoms with Gasteiger partial charge in [0.2, 0.25) is 0 Å². The smallest absolute Gasteiger partial charge is 0.131 e. The van der Waals surface area contributed by atoms with Gasteiger partial charge in [0.15, 0.2) is 0 Å². The topological polar surface area (TPSA) is 21.1 Å². The van der Waals surface area contributed by atoms with E-state index in [-0.39, 0.29) is 0 Å². The third-order valence-corrected chi connectivity index (χ3v) is 2.57. The molecule has 0 fully saturated rings. The third-order valence-electron chi connectivity index (χ3n) is 2.57. The van der Waals surface area contributed by atoms with Crippen LogP contribution >= 0.6 is 0 Å². The zero-order chi connectivity index (χ0) is 9.38. The van der Waals surface area contributed by atoms with Gasteiger partial charge in [-0.05, 0) is 12.1 Å². The van der Waals surface area contributed by atoms with E-state index in [9.17, 15) is 0 Å². The zero-order valence-electron chi connectivity index (χ0n) is 7.80. The van der Waals surface area contributed by atoms with Crippen molar-refractivity contribution in [3.63, 3.8) is 0 Å². The molecule has 0 atom stereocenters. The van der Waals surface area contributed by atoms with Crippen LogP contribution < -0.4 is 4.90 Å². The monoisotopic (exact) mass is 185 g/mol. The minimum Gasteiger partial charge on any atom is -0.325 e. The normalized spacial score (nSPS) is 14.4. The molecule has 1 aliphatic rings. The lowest BCUT2D eigenvalue weighted by atomic mass is 10.3. The minimum atomic E-state index is 0.983. The maximum absolute atomic E-state index is 4.25. The lowest BCUT2D eigenvalue weighted by Gasteiger charge is -2.16. The highest BCUT2D eigenvalue weighted by Gasteiger charge is 2.19. The fourth-order valence-corrected chi connectivity index (χ4v) is 1.91. The van der Waals surface area contributed by atoms with Crippen molar-refractivity contribution < 1.29 is 0 Å². The molecule has 0 radical (unpaired) electrons. The maximum Gasteiger partial charge on any atom is 0.131 e. The zero-order valence-corrected chi connectivity index (χ0v) is 7.80. The van der Waals surface area contributed by atoms with E-state index in [2.05, 4.69) is 40.3 Å². The van der Waals surface area contributed by atoms with E-state index in [1.807, 2.05) is 16.9 Å². The molecule has 0 amide bonds. The Labute approximate surface area is 82.6 Å². The molecule has 2 aromatic rings. The van der Waals surface area contributed by atoms with Crippen LogP contribution in [0.15, 0.2) is 42.6 Å². The predicted molar refractivity (Wildman–Crippen MR) is 55.7 cm³/mol. The standard InChI is InChI=1S/C11H11N3/c1-2-4-10(5-3-1)13-8-9-14-11(13)6-7-12-14/h1-7H,8-9H2. The first-order chi connectivity index (χ1) is 6.95. The van der Waals surface area contributed by atoms with Gasteiger partial charge < -0.3 is 4.90 Å². The Morgan fingerprint density at radius 3 is 2.71 bits per heavy atom. The summed E-state index contributed by atoms with van der Waals surface area (Å²) in [5, 5.41) is 4.25. The van der Waals surface area contributed by atoms with Gasteiger partial charge in [0.25, 0.3) is 0 Å². The largest absolute Gasteiger partial charge is 0.325 e. The molecule has 0 saturated heterocycles. The van der Waals surface area contributed by atoms with Crippen molar-refractivity contribution in [1.82, 2.24) is 9.78 Å². The average Bonchev–Trinajstić information content (AvgIpc) is 2.79. The molecule has 3 nitrogen and oxygen atoms in total. The number of nitrogens with zero attached hydrogens (tertiary/aromatic N) is 3. The minimum absolute atomic E-state index is 0.983. The number of rotatable bonds is 1. The van der Waals surface area contributed by atoms with Gasteiger partial charge in [0, 0.05) is 18.3 Å². The van der Waals surface area contributed by atoms with Gasteiger partial charge in [0.1, 0.15) is 5.82 Å². The molecule has 0 aliphatic carbocycles. The summed E-state index contributed by atoms with van der Waals surface area (Å²) in [6.45, 7) is 2.00. The Morgan fingerprint density at radius 2 is 1.86 bits per heavy atom. The van der Waals surface area contributed by atoms with E-state index in [0.29, 0.717) is 0 Å². The van der Waals surface area contributed by atoms with Crippen molar-refractivity contribution in [2.75, 3.05) is 11.4 Å². The number of hydrogen-bond donors (Lipinski definition) is 0. The number of benzene rings is 1. The molecular formula is C11H11N3. The van der Waals surface area contributed by atoms with Crippen LogP contribution in [0.4, 0.5) is 11.5 Å². The second-order valence-corrected chi connectivity index (χ2v) is 3.40. The van der Waals surface area contributed by atoms with Crippen LogP contribution in [0.1, 0.15) is 0 Å². The lowest BCUT2D eigenvalue weighted by Crippen LogP contribution is -2.12. The molecule has 0 spiro atoms. The Morgan fingerprint density at radius 1 is 1.00 bits per heavy atom. The molecule has 1 aliphatic heterocycles. The summed E-state index contributed by atoms with van der Waals surface area (Å²) in [6, 6.07) is 12.5. The fourth-order valence-electron chi connectivity index (χ4n) is 1.91. The quantitative estimate of drug-likeness (QED) is 0.677. The highest BCUT2D eigenvalue weighted by molar-refractivity contribution is 5.61. The van der Waals surface area contributed by atoms with Crippen LogP contribution in [0.25, 0.3) is 0 Å². The van der Waals surface area contributed by atoms with Crippen molar-refractivity contribution >= 4 is 11.5 Å². The summed E-state index contributed by atoms with van der Waals surface area (Å²) in [5.41, 5.74) is 1.24. The Balaban J connectivity index is 2.03.